The van der Waals surface area contributed by atoms with E-state index in [1.807, 2.05) is 18.2 Å². The largest absolute Gasteiger partial charge is 0.490 e. The van der Waals surface area contributed by atoms with Crippen LogP contribution in [-0.4, -0.2) is 45.3 Å². The minimum Gasteiger partial charge on any atom is -0.490 e. The summed E-state index contributed by atoms with van der Waals surface area (Å²) in [7, 11) is 2.13. The Morgan fingerprint density at radius 2 is 2.11 bits per heavy atom. The number of aryl methyl sites for hydroxylation is 2. The molecular formula is C28H37F2N4O3P. The molecule has 38 heavy (non-hydrogen) atoms. The predicted molar refractivity (Wildman–Crippen MR) is 145 cm³/mol. The van der Waals surface area contributed by atoms with Gasteiger partial charge in [0.15, 0.2) is 5.41 Å². The average Bonchev–Trinajstić information content (AvgIpc) is 3.59. The Morgan fingerprint density at radius 3 is 2.79 bits per heavy atom. The third-order valence-electron chi connectivity index (χ3n) is 7.63. The third kappa shape index (κ3) is 6.71. The van der Waals surface area contributed by atoms with Crippen LogP contribution in [-0.2, 0) is 24.2 Å². The van der Waals surface area contributed by atoms with Crippen LogP contribution in [0.2, 0.25) is 0 Å². The lowest BCUT2D eigenvalue weighted by Gasteiger charge is -2.37. The summed E-state index contributed by atoms with van der Waals surface area (Å²) in [5.74, 6) is 0.845. The summed E-state index contributed by atoms with van der Waals surface area (Å²) < 4.78 is 35.1. The number of carbonyl (C=O) groups excluding carboxylic acids is 2. The first-order valence-electron chi connectivity index (χ1n) is 13.6. The van der Waals surface area contributed by atoms with E-state index in [1.54, 1.807) is 10.7 Å². The number of halogens is 2. The second-order valence-electron chi connectivity index (χ2n) is 11.8. The Kier molecular flexibility index (Phi) is 7.51. The molecule has 0 radical (unpaired) electrons. The molecule has 3 aliphatic rings. The van der Waals surface area contributed by atoms with E-state index in [0.717, 1.165) is 12.0 Å². The van der Waals surface area contributed by atoms with Crippen LogP contribution >= 0.6 is 9.24 Å². The Morgan fingerprint density at radius 1 is 1.34 bits per heavy atom. The topological polar surface area (TPSA) is 85.2 Å². The fraction of sp³-hybridized carbons (Fsp3) is 0.607. The number of alkyl halides is 2. The number of aromatic nitrogens is 2. The van der Waals surface area contributed by atoms with Crippen LogP contribution in [0.1, 0.15) is 74.0 Å². The van der Waals surface area contributed by atoms with E-state index in [-0.39, 0.29) is 43.2 Å². The van der Waals surface area contributed by atoms with Gasteiger partial charge in [0, 0.05) is 24.9 Å². The second-order valence-corrected chi connectivity index (χ2v) is 13.0. The molecule has 2 aliphatic carbocycles. The molecular weight excluding hydrogens is 509 g/mol. The zero-order chi connectivity index (χ0) is 27.1. The normalized spacial score (nSPS) is 26.1. The highest BCUT2D eigenvalue weighted by atomic mass is 31.0. The first-order valence-corrected chi connectivity index (χ1v) is 14.1. The molecule has 2 fully saturated rings. The molecule has 7 nitrogen and oxygen atoms in total. The molecule has 206 valence electrons. The Bertz CT molecular complexity index is 1200. The van der Waals surface area contributed by atoms with Crippen LogP contribution < -0.4 is 15.4 Å². The van der Waals surface area contributed by atoms with Gasteiger partial charge in [0.2, 0.25) is 5.91 Å². The van der Waals surface area contributed by atoms with Crippen LogP contribution in [0, 0.1) is 11.8 Å². The SMILES string of the molecule is CC(F)(P)COc1cccc(CC[C@H]2Cc3nn(CCC4CC4)c(NC(=O)C4CC(C)(F)C4)c3C(=O)N2)c1. The summed E-state index contributed by atoms with van der Waals surface area (Å²) in [5.41, 5.74) is 0.853. The molecule has 2 aromatic rings. The van der Waals surface area contributed by atoms with Crippen molar-refractivity contribution in [2.24, 2.45) is 11.8 Å². The van der Waals surface area contributed by atoms with Crippen molar-refractivity contribution >= 4 is 26.9 Å². The number of hydrogen-bond acceptors (Lipinski definition) is 4. The van der Waals surface area contributed by atoms with Crippen molar-refractivity contribution in [3.05, 3.63) is 41.1 Å². The monoisotopic (exact) mass is 546 g/mol. The van der Waals surface area contributed by atoms with Gasteiger partial charge in [0.05, 0.1) is 5.69 Å². The molecule has 2 unspecified atom stereocenters. The summed E-state index contributed by atoms with van der Waals surface area (Å²) in [6.45, 7) is 3.54. The van der Waals surface area contributed by atoms with Crippen molar-refractivity contribution in [3.8, 4) is 5.75 Å². The van der Waals surface area contributed by atoms with Crippen LogP contribution in [0.25, 0.3) is 0 Å². The van der Waals surface area contributed by atoms with Gasteiger partial charge >= 0.3 is 0 Å². The quantitative estimate of drug-likeness (QED) is 0.389. The van der Waals surface area contributed by atoms with Crippen molar-refractivity contribution in [1.82, 2.24) is 15.1 Å². The molecule has 2 heterocycles. The number of ether oxygens (including phenoxy) is 1. The molecule has 2 amide bonds. The predicted octanol–water partition coefficient (Wildman–Crippen LogP) is 4.99. The lowest BCUT2D eigenvalue weighted by Crippen LogP contribution is -2.44. The maximum atomic E-state index is 14.0. The molecule has 0 spiro atoms. The second kappa shape index (κ2) is 10.6. The number of anilines is 1. The molecule has 0 bridgehead atoms. The molecule has 3 atom stereocenters. The highest BCUT2D eigenvalue weighted by Crippen LogP contribution is 2.41. The lowest BCUT2D eigenvalue weighted by molar-refractivity contribution is -0.127. The van der Waals surface area contributed by atoms with E-state index in [2.05, 4.69) is 19.9 Å². The van der Waals surface area contributed by atoms with Crippen molar-refractivity contribution in [1.29, 1.82) is 0 Å². The molecule has 5 rings (SSSR count). The number of nitrogens with one attached hydrogen (secondary N) is 2. The molecule has 10 heteroatoms. The van der Waals surface area contributed by atoms with Gasteiger partial charge in [-0.3, -0.25) is 9.59 Å². The van der Waals surface area contributed by atoms with Gasteiger partial charge in [-0.15, -0.1) is 0 Å². The van der Waals surface area contributed by atoms with Crippen LogP contribution in [0.15, 0.2) is 24.3 Å². The first-order chi connectivity index (χ1) is 18.0. The Labute approximate surface area is 224 Å². The zero-order valence-electron chi connectivity index (χ0n) is 22.1. The van der Waals surface area contributed by atoms with Gasteiger partial charge in [0.25, 0.3) is 5.91 Å². The highest BCUT2D eigenvalue weighted by Gasteiger charge is 2.45. The fourth-order valence-electron chi connectivity index (χ4n) is 5.34. The summed E-state index contributed by atoms with van der Waals surface area (Å²) in [5, 5.41) is 9.28. The van der Waals surface area contributed by atoms with Crippen LogP contribution in [0.5, 0.6) is 5.75 Å². The molecule has 1 aromatic carbocycles. The van der Waals surface area contributed by atoms with Crippen molar-refractivity contribution < 1.29 is 23.1 Å². The highest BCUT2D eigenvalue weighted by molar-refractivity contribution is 7.18. The molecule has 2 N–H and O–H groups in total. The van der Waals surface area contributed by atoms with Gasteiger partial charge in [-0.25, -0.2) is 13.5 Å². The van der Waals surface area contributed by atoms with Crippen molar-refractivity contribution in [2.45, 2.75) is 88.9 Å². The summed E-state index contributed by atoms with van der Waals surface area (Å²) >= 11 is 0. The summed E-state index contributed by atoms with van der Waals surface area (Å²) in [6, 6.07) is 7.47. The van der Waals surface area contributed by atoms with E-state index in [4.69, 9.17) is 9.84 Å². The molecule has 1 aromatic heterocycles. The van der Waals surface area contributed by atoms with E-state index < -0.39 is 11.1 Å². The summed E-state index contributed by atoms with van der Waals surface area (Å²) in [4.78, 5) is 26.1. The number of benzene rings is 1. The number of carbonyl (C=O) groups is 2. The molecule has 0 saturated heterocycles. The van der Waals surface area contributed by atoms with Gasteiger partial charge in [0.1, 0.15) is 29.4 Å². The van der Waals surface area contributed by atoms with Crippen LogP contribution in [0.3, 0.4) is 0 Å². The third-order valence-corrected chi connectivity index (χ3v) is 7.80. The molecule has 2 saturated carbocycles. The smallest absolute Gasteiger partial charge is 0.257 e. The van der Waals surface area contributed by atoms with Gasteiger partial charge in [-0.2, -0.15) is 5.10 Å². The van der Waals surface area contributed by atoms with Gasteiger partial charge < -0.3 is 15.4 Å². The first kappa shape index (κ1) is 27.0. The standard InChI is InChI=1S/C28H37F2N4O3P/c1-27(29)14-19(15-27)25(35)32-24-23-22(33-34(24)11-10-17-6-7-17)13-20(31-26(23)36)9-8-18-4-3-5-21(12-18)37-16-28(2,30)38/h3-5,12,17,19-20H,6-11,13-16,38H2,1-2H3,(H,31,36)(H,32,35)/t19?,20-,27?,28?/m0/s1. The zero-order valence-corrected chi connectivity index (χ0v) is 23.2. The lowest BCUT2D eigenvalue weighted by atomic mass is 9.73. The number of fused-ring (bicyclic) bond motifs is 1. The number of nitrogens with zero attached hydrogens (tertiary/aromatic N) is 2. The van der Waals surface area contributed by atoms with E-state index in [9.17, 15) is 18.4 Å². The number of amides is 2. The minimum atomic E-state index is -1.49. The van der Waals surface area contributed by atoms with E-state index in [1.165, 1.54) is 26.7 Å². The number of hydrogen-bond donors (Lipinski definition) is 2. The summed E-state index contributed by atoms with van der Waals surface area (Å²) in [6.07, 6.45) is 5.74. The minimum absolute atomic E-state index is 0.0568. The van der Waals surface area contributed by atoms with Gasteiger partial charge in [-0.05, 0) is 69.6 Å². The number of rotatable bonds is 11. The Hall–Kier alpha value is -2.54. The molecule has 1 aliphatic heterocycles. The maximum Gasteiger partial charge on any atom is 0.257 e. The maximum absolute atomic E-state index is 14.0. The average molecular weight is 547 g/mol. The van der Waals surface area contributed by atoms with E-state index in [0.29, 0.717) is 54.5 Å². The van der Waals surface area contributed by atoms with E-state index >= 15 is 0 Å². The van der Waals surface area contributed by atoms with Gasteiger partial charge in [-0.1, -0.05) is 34.2 Å². The van der Waals surface area contributed by atoms with Crippen molar-refractivity contribution in [3.63, 3.8) is 0 Å². The van der Waals surface area contributed by atoms with Crippen molar-refractivity contribution in [2.75, 3.05) is 11.9 Å². The fourth-order valence-corrected chi connectivity index (χ4v) is 5.42. The van der Waals surface area contributed by atoms with Crippen LogP contribution in [0.4, 0.5) is 14.6 Å². The Balaban J connectivity index is 1.25.